The number of aromatic nitrogens is 2. The molecule has 0 atom stereocenters. The first-order chi connectivity index (χ1) is 6.82. The van der Waals surface area contributed by atoms with Crippen molar-refractivity contribution in [2.24, 2.45) is 7.05 Å². The Hall–Kier alpha value is -1.24. The van der Waals surface area contributed by atoms with E-state index in [0.717, 1.165) is 0 Å². The second kappa shape index (κ2) is 4.09. The normalized spacial score (nSPS) is 11.5. The third kappa shape index (κ3) is 2.85. The van der Waals surface area contributed by atoms with Crippen LogP contribution in [0.15, 0.2) is 6.20 Å². The lowest BCUT2D eigenvalue weighted by Gasteiger charge is -2.07. The number of nitrogens with zero attached hydrogens (tertiary/aromatic N) is 2. The predicted molar refractivity (Wildman–Crippen MR) is 46.1 cm³/mol. The molecule has 0 aliphatic heterocycles. The summed E-state index contributed by atoms with van der Waals surface area (Å²) in [5.41, 5.74) is 0. The van der Waals surface area contributed by atoms with Crippen LogP contribution in [0, 0.1) is 0 Å². The molecular formula is C7H7ClF3N3O. The first-order valence-corrected chi connectivity index (χ1v) is 4.21. The molecule has 1 N–H and O–H groups in total. The molecule has 0 aliphatic carbocycles. The number of amides is 1. The van der Waals surface area contributed by atoms with E-state index in [2.05, 4.69) is 4.98 Å². The first kappa shape index (κ1) is 11.8. The zero-order chi connectivity index (χ0) is 11.6. The molecular weight excluding hydrogens is 235 g/mol. The fraction of sp³-hybridized carbons (Fsp3) is 0.429. The van der Waals surface area contributed by atoms with Gasteiger partial charge in [-0.25, -0.2) is 4.98 Å². The Morgan fingerprint density at radius 3 is 2.67 bits per heavy atom. The van der Waals surface area contributed by atoms with E-state index in [4.69, 9.17) is 11.6 Å². The predicted octanol–water partition coefficient (Wildman–Crippen LogP) is 1.25. The molecule has 1 heterocycles. The van der Waals surface area contributed by atoms with Gasteiger partial charge in [0.25, 0.3) is 0 Å². The Labute approximate surface area is 88.0 Å². The van der Waals surface area contributed by atoms with Crippen molar-refractivity contribution in [2.75, 3.05) is 0 Å². The van der Waals surface area contributed by atoms with Crippen molar-refractivity contribution in [1.29, 1.82) is 0 Å². The van der Waals surface area contributed by atoms with Crippen LogP contribution in [0.5, 0.6) is 0 Å². The maximum Gasteiger partial charge on any atom is 0.471 e. The molecule has 1 rings (SSSR count). The minimum atomic E-state index is -4.88. The number of halogens is 4. The largest absolute Gasteiger partial charge is 0.471 e. The minimum Gasteiger partial charge on any atom is -0.341 e. The molecule has 0 saturated carbocycles. The second-order valence-electron chi connectivity index (χ2n) is 2.74. The molecule has 4 nitrogen and oxygen atoms in total. The van der Waals surface area contributed by atoms with Gasteiger partial charge in [-0.1, -0.05) is 11.6 Å². The van der Waals surface area contributed by atoms with Crippen molar-refractivity contribution in [3.63, 3.8) is 0 Å². The van der Waals surface area contributed by atoms with E-state index < -0.39 is 12.1 Å². The molecule has 1 aromatic heterocycles. The lowest BCUT2D eigenvalue weighted by atomic mass is 10.5. The van der Waals surface area contributed by atoms with E-state index in [1.807, 2.05) is 0 Å². The number of imidazole rings is 1. The van der Waals surface area contributed by atoms with Gasteiger partial charge in [0.1, 0.15) is 11.0 Å². The van der Waals surface area contributed by atoms with Crippen molar-refractivity contribution in [1.82, 2.24) is 14.9 Å². The third-order valence-corrected chi connectivity index (χ3v) is 2.04. The quantitative estimate of drug-likeness (QED) is 0.847. The maximum absolute atomic E-state index is 11.8. The molecule has 0 aromatic carbocycles. The first-order valence-electron chi connectivity index (χ1n) is 3.83. The zero-order valence-electron chi connectivity index (χ0n) is 7.60. The van der Waals surface area contributed by atoms with Crippen LogP contribution in [-0.2, 0) is 18.4 Å². The summed E-state index contributed by atoms with van der Waals surface area (Å²) in [6, 6.07) is 0. The number of rotatable bonds is 2. The van der Waals surface area contributed by atoms with Crippen molar-refractivity contribution in [3.05, 3.63) is 17.2 Å². The molecule has 0 bridgehead atoms. The Morgan fingerprint density at radius 1 is 1.67 bits per heavy atom. The Kier molecular flexibility index (Phi) is 3.23. The lowest BCUT2D eigenvalue weighted by Crippen LogP contribution is -2.36. The average Bonchev–Trinajstić information content (AvgIpc) is 2.43. The zero-order valence-corrected chi connectivity index (χ0v) is 8.35. The minimum absolute atomic E-state index is 0.248. The monoisotopic (exact) mass is 241 g/mol. The van der Waals surface area contributed by atoms with E-state index in [1.165, 1.54) is 17.8 Å². The van der Waals surface area contributed by atoms with E-state index in [1.54, 1.807) is 5.32 Å². The molecule has 0 radical (unpaired) electrons. The van der Waals surface area contributed by atoms with Gasteiger partial charge in [-0.05, 0) is 0 Å². The van der Waals surface area contributed by atoms with Crippen molar-refractivity contribution in [3.8, 4) is 0 Å². The molecule has 0 saturated heterocycles. The molecule has 0 spiro atoms. The van der Waals surface area contributed by atoms with Gasteiger partial charge in [-0.3, -0.25) is 4.79 Å². The van der Waals surface area contributed by atoms with Crippen molar-refractivity contribution >= 4 is 17.5 Å². The Balaban J connectivity index is 2.59. The molecule has 15 heavy (non-hydrogen) atoms. The highest BCUT2D eigenvalue weighted by Crippen LogP contribution is 2.14. The maximum atomic E-state index is 11.8. The Morgan fingerprint density at radius 2 is 2.27 bits per heavy atom. The summed E-state index contributed by atoms with van der Waals surface area (Å²) in [7, 11) is 1.53. The van der Waals surface area contributed by atoms with Gasteiger partial charge in [0, 0.05) is 7.05 Å². The van der Waals surface area contributed by atoms with Gasteiger partial charge in [0.15, 0.2) is 0 Å². The summed E-state index contributed by atoms with van der Waals surface area (Å²) in [5.74, 6) is -1.75. The Bertz CT molecular complexity index is 374. The van der Waals surface area contributed by atoms with Gasteiger partial charge < -0.3 is 9.88 Å². The fourth-order valence-electron chi connectivity index (χ4n) is 0.848. The van der Waals surface area contributed by atoms with E-state index in [0.29, 0.717) is 0 Å². The highest BCUT2D eigenvalue weighted by Gasteiger charge is 2.38. The van der Waals surface area contributed by atoms with E-state index >= 15 is 0 Å². The summed E-state index contributed by atoms with van der Waals surface area (Å²) < 4.78 is 36.8. The van der Waals surface area contributed by atoms with E-state index in [-0.39, 0.29) is 17.5 Å². The SMILES string of the molecule is Cn1c(Cl)cnc1CNC(=O)C(F)(F)F. The number of carbonyl (C=O) groups excluding carboxylic acids is 1. The van der Waals surface area contributed by atoms with Crippen LogP contribution < -0.4 is 5.32 Å². The number of carbonyl (C=O) groups is 1. The van der Waals surface area contributed by atoms with Gasteiger partial charge in [0.2, 0.25) is 0 Å². The highest BCUT2D eigenvalue weighted by atomic mass is 35.5. The fourth-order valence-corrected chi connectivity index (χ4v) is 0.994. The molecule has 0 fully saturated rings. The van der Waals surface area contributed by atoms with Gasteiger partial charge in [-0.2, -0.15) is 13.2 Å². The summed E-state index contributed by atoms with van der Waals surface area (Å²) in [5, 5.41) is 1.97. The number of hydrogen-bond donors (Lipinski definition) is 1. The molecule has 8 heteroatoms. The third-order valence-electron chi connectivity index (χ3n) is 1.69. The van der Waals surface area contributed by atoms with Crippen molar-refractivity contribution < 1.29 is 18.0 Å². The molecule has 84 valence electrons. The molecule has 1 aromatic rings. The average molecular weight is 242 g/mol. The molecule has 0 aliphatic rings. The van der Waals surface area contributed by atoms with Gasteiger partial charge in [-0.15, -0.1) is 0 Å². The lowest BCUT2D eigenvalue weighted by molar-refractivity contribution is -0.173. The standard InChI is InChI=1S/C7H7ClF3N3O/c1-14-4(8)2-12-5(14)3-13-6(15)7(9,10)11/h2H,3H2,1H3,(H,13,15). The number of alkyl halides is 3. The number of nitrogens with one attached hydrogen (secondary N) is 1. The summed E-state index contributed by atoms with van der Waals surface area (Å²) in [4.78, 5) is 14.2. The van der Waals surface area contributed by atoms with Gasteiger partial charge in [0.05, 0.1) is 12.7 Å². The molecule has 1 amide bonds. The second-order valence-corrected chi connectivity index (χ2v) is 3.12. The van der Waals surface area contributed by atoms with Gasteiger partial charge >= 0.3 is 12.1 Å². The van der Waals surface area contributed by atoms with Crippen LogP contribution in [0.4, 0.5) is 13.2 Å². The van der Waals surface area contributed by atoms with Crippen LogP contribution in [-0.4, -0.2) is 21.6 Å². The smallest absolute Gasteiger partial charge is 0.341 e. The molecule has 0 unspecified atom stereocenters. The topological polar surface area (TPSA) is 46.9 Å². The van der Waals surface area contributed by atoms with Crippen LogP contribution >= 0.6 is 11.6 Å². The van der Waals surface area contributed by atoms with Crippen LogP contribution in [0.25, 0.3) is 0 Å². The summed E-state index contributed by atoms with van der Waals surface area (Å²) >= 11 is 5.60. The summed E-state index contributed by atoms with van der Waals surface area (Å²) in [6.07, 6.45) is -3.59. The van der Waals surface area contributed by atoms with Crippen LogP contribution in [0.1, 0.15) is 5.82 Å². The highest BCUT2D eigenvalue weighted by molar-refractivity contribution is 6.29. The number of hydrogen-bond acceptors (Lipinski definition) is 2. The van der Waals surface area contributed by atoms with E-state index in [9.17, 15) is 18.0 Å². The van der Waals surface area contributed by atoms with Crippen LogP contribution in [0.2, 0.25) is 5.15 Å². The van der Waals surface area contributed by atoms with Crippen LogP contribution in [0.3, 0.4) is 0 Å². The summed E-state index contributed by atoms with van der Waals surface area (Å²) in [6.45, 7) is -0.318. The van der Waals surface area contributed by atoms with Crippen molar-refractivity contribution in [2.45, 2.75) is 12.7 Å².